The highest BCUT2D eigenvalue weighted by Crippen LogP contribution is 2.26. The first-order valence-electron chi connectivity index (χ1n) is 9.82. The molecule has 8 nitrogen and oxygen atoms in total. The number of rotatable bonds is 9. The number of amides is 1. The number of nitrogens with one attached hydrogen (secondary N) is 1. The zero-order chi connectivity index (χ0) is 21.0. The fraction of sp³-hybridized carbons (Fsp3) is 0.476. The van der Waals surface area contributed by atoms with Crippen molar-refractivity contribution in [1.29, 1.82) is 0 Å². The van der Waals surface area contributed by atoms with E-state index in [1.807, 2.05) is 50.5 Å². The van der Waals surface area contributed by atoms with E-state index in [2.05, 4.69) is 10.3 Å². The maximum atomic E-state index is 12.4. The average molecular weight is 400 g/mol. The van der Waals surface area contributed by atoms with Gasteiger partial charge in [-0.2, -0.15) is 4.73 Å². The number of carbonyl (C=O) groups is 1. The van der Waals surface area contributed by atoms with Gasteiger partial charge in [0.25, 0.3) is 0 Å². The van der Waals surface area contributed by atoms with Crippen molar-refractivity contribution in [1.82, 2.24) is 14.9 Å². The van der Waals surface area contributed by atoms with E-state index in [9.17, 15) is 10.0 Å². The van der Waals surface area contributed by atoms with Crippen LogP contribution in [0.5, 0.6) is 0 Å². The lowest BCUT2D eigenvalue weighted by Gasteiger charge is -2.28. The van der Waals surface area contributed by atoms with Crippen LogP contribution < -0.4 is 10.0 Å². The van der Waals surface area contributed by atoms with Gasteiger partial charge in [-0.05, 0) is 33.8 Å². The monoisotopic (exact) mass is 400 g/mol. The van der Waals surface area contributed by atoms with Gasteiger partial charge in [-0.25, -0.2) is 4.98 Å². The second kappa shape index (κ2) is 8.75. The lowest BCUT2D eigenvalue weighted by atomic mass is 10.0. The fourth-order valence-electron chi connectivity index (χ4n) is 3.46. The van der Waals surface area contributed by atoms with E-state index in [-0.39, 0.29) is 12.5 Å². The van der Waals surface area contributed by atoms with Gasteiger partial charge in [0.15, 0.2) is 5.52 Å². The van der Waals surface area contributed by atoms with Crippen LogP contribution in [-0.2, 0) is 27.4 Å². The van der Waals surface area contributed by atoms with Crippen LogP contribution in [-0.4, -0.2) is 40.8 Å². The van der Waals surface area contributed by atoms with Crippen molar-refractivity contribution >= 4 is 27.8 Å². The fourth-order valence-corrected chi connectivity index (χ4v) is 3.46. The van der Waals surface area contributed by atoms with E-state index >= 15 is 0 Å². The van der Waals surface area contributed by atoms with Crippen molar-refractivity contribution in [2.24, 2.45) is 0 Å². The number of hydrogen-bond donors (Lipinski definition) is 1. The molecule has 2 heterocycles. The molecule has 8 heteroatoms. The zero-order valence-electron chi connectivity index (χ0n) is 17.4. The van der Waals surface area contributed by atoms with Gasteiger partial charge in [0.2, 0.25) is 17.6 Å². The van der Waals surface area contributed by atoms with Crippen LogP contribution in [0.2, 0.25) is 0 Å². The molecule has 0 unspecified atom stereocenters. The molecule has 0 atom stereocenters. The van der Waals surface area contributed by atoms with Crippen molar-refractivity contribution in [3.05, 3.63) is 41.5 Å². The Morgan fingerprint density at radius 2 is 1.97 bits per heavy atom. The number of fused-ring (bicyclic) bond motifs is 3. The molecule has 0 fully saturated rings. The second-order valence-electron chi connectivity index (χ2n) is 7.53. The lowest BCUT2D eigenvalue weighted by Crippen LogP contribution is -2.48. The van der Waals surface area contributed by atoms with Crippen LogP contribution in [0.15, 0.2) is 30.5 Å². The van der Waals surface area contributed by atoms with Crippen molar-refractivity contribution < 1.29 is 19.0 Å². The summed E-state index contributed by atoms with van der Waals surface area (Å²) in [5, 5.41) is 16.3. The number of aromatic nitrogens is 3. The van der Waals surface area contributed by atoms with Crippen molar-refractivity contribution in [3.8, 4) is 0 Å². The minimum Gasteiger partial charge on any atom is -0.618 e. The molecule has 29 heavy (non-hydrogen) atoms. The molecule has 1 N–H and O–H groups in total. The summed E-state index contributed by atoms with van der Waals surface area (Å²) >= 11 is 0. The molecule has 1 amide bonds. The summed E-state index contributed by atoms with van der Waals surface area (Å²) in [5.41, 5.74) is 1.47. The van der Waals surface area contributed by atoms with Crippen LogP contribution in [0.3, 0.4) is 0 Å². The number of carbonyl (C=O) groups excluding carboxylic acids is 1. The van der Waals surface area contributed by atoms with Crippen LogP contribution in [0, 0.1) is 5.21 Å². The maximum absolute atomic E-state index is 12.4. The molecule has 3 rings (SSSR count). The third-order valence-electron chi connectivity index (χ3n) is 4.61. The summed E-state index contributed by atoms with van der Waals surface area (Å²) < 4.78 is 13.7. The van der Waals surface area contributed by atoms with Gasteiger partial charge in [-0.15, -0.1) is 0 Å². The number of pyridine rings is 1. The van der Waals surface area contributed by atoms with Gasteiger partial charge in [0.05, 0.1) is 16.4 Å². The first kappa shape index (κ1) is 21.0. The molecular weight excluding hydrogens is 372 g/mol. The smallest absolute Gasteiger partial charge is 0.246 e. The first-order chi connectivity index (χ1) is 13.9. The number of nitrogens with zero attached hydrogens (tertiary/aromatic N) is 3. The maximum Gasteiger partial charge on any atom is 0.246 e. The Morgan fingerprint density at radius 3 is 2.69 bits per heavy atom. The standard InChI is InChI=1S/C21H28N4O4/c1-5-28-12-18-22-16-11-25(27)17-10-8-7-9-15(17)20(16)24(18)14-21(3,4)23-19(26)13-29-6-2/h7-11H,5-6,12-14H2,1-4H3,(H,23,26). The van der Waals surface area contributed by atoms with Crippen molar-refractivity contribution in [2.75, 3.05) is 19.8 Å². The van der Waals surface area contributed by atoms with Crippen LogP contribution in [0.1, 0.15) is 33.5 Å². The van der Waals surface area contributed by atoms with Gasteiger partial charge in [-0.1, -0.05) is 12.1 Å². The molecule has 2 aromatic heterocycles. The van der Waals surface area contributed by atoms with E-state index in [0.29, 0.717) is 43.2 Å². The molecule has 0 aliphatic carbocycles. The molecule has 0 aliphatic heterocycles. The average Bonchev–Trinajstić information content (AvgIpc) is 3.01. The quantitative estimate of drug-likeness (QED) is 0.439. The molecule has 1 aromatic carbocycles. The van der Waals surface area contributed by atoms with Gasteiger partial charge in [0, 0.05) is 25.8 Å². The zero-order valence-corrected chi connectivity index (χ0v) is 17.4. The predicted molar refractivity (Wildman–Crippen MR) is 110 cm³/mol. The normalized spacial score (nSPS) is 12.0. The Balaban J connectivity index is 2.06. The molecule has 156 valence electrons. The largest absolute Gasteiger partial charge is 0.618 e. The van der Waals surface area contributed by atoms with Crippen molar-refractivity contribution in [3.63, 3.8) is 0 Å². The summed E-state index contributed by atoms with van der Waals surface area (Å²) in [6.45, 7) is 9.53. The van der Waals surface area contributed by atoms with E-state index in [0.717, 1.165) is 15.6 Å². The van der Waals surface area contributed by atoms with Gasteiger partial charge in [-0.3, -0.25) is 4.79 Å². The molecular formula is C21H28N4O4. The summed E-state index contributed by atoms with van der Waals surface area (Å²) in [4.78, 5) is 16.8. The van der Waals surface area contributed by atoms with E-state index in [4.69, 9.17) is 9.47 Å². The minimum atomic E-state index is -0.562. The number of hydrogen-bond acceptors (Lipinski definition) is 5. The Morgan fingerprint density at radius 1 is 1.24 bits per heavy atom. The second-order valence-corrected chi connectivity index (χ2v) is 7.53. The highest BCUT2D eigenvalue weighted by Gasteiger charge is 2.26. The van der Waals surface area contributed by atoms with Crippen LogP contribution >= 0.6 is 0 Å². The highest BCUT2D eigenvalue weighted by atomic mass is 16.5. The van der Waals surface area contributed by atoms with Crippen LogP contribution in [0.25, 0.3) is 21.9 Å². The Labute approximate surface area is 170 Å². The van der Waals surface area contributed by atoms with E-state index < -0.39 is 5.54 Å². The summed E-state index contributed by atoms with van der Waals surface area (Å²) in [6.07, 6.45) is 1.49. The van der Waals surface area contributed by atoms with E-state index in [1.165, 1.54) is 6.20 Å². The topological polar surface area (TPSA) is 92.3 Å². The number of para-hydroxylation sites is 1. The summed E-state index contributed by atoms with van der Waals surface area (Å²) in [5.74, 6) is 0.542. The van der Waals surface area contributed by atoms with Gasteiger partial charge < -0.3 is 24.6 Å². The molecule has 0 radical (unpaired) electrons. The van der Waals surface area contributed by atoms with Gasteiger partial charge in [0.1, 0.15) is 19.0 Å². The molecule has 0 spiro atoms. The molecule has 0 aliphatic rings. The van der Waals surface area contributed by atoms with Crippen molar-refractivity contribution in [2.45, 2.75) is 46.4 Å². The minimum absolute atomic E-state index is 0.0233. The number of ether oxygens (including phenoxy) is 2. The number of benzene rings is 1. The molecule has 0 saturated carbocycles. The third-order valence-corrected chi connectivity index (χ3v) is 4.61. The molecule has 0 saturated heterocycles. The highest BCUT2D eigenvalue weighted by molar-refractivity contribution is 6.00. The lowest BCUT2D eigenvalue weighted by molar-refractivity contribution is -0.575. The molecule has 0 bridgehead atoms. The van der Waals surface area contributed by atoms with Crippen LogP contribution in [0.4, 0.5) is 0 Å². The Kier molecular flexibility index (Phi) is 6.34. The predicted octanol–water partition coefficient (Wildman–Crippen LogP) is 2.29. The SMILES string of the molecule is CCOCC(=O)NC(C)(C)Cn1c(COCC)nc2c[n+]([O-])c3ccccc3c21. The summed E-state index contributed by atoms with van der Waals surface area (Å²) in [6, 6.07) is 7.43. The third kappa shape index (κ3) is 4.65. The van der Waals surface area contributed by atoms with E-state index in [1.54, 1.807) is 6.07 Å². The van der Waals surface area contributed by atoms with Gasteiger partial charge >= 0.3 is 0 Å². The summed E-state index contributed by atoms with van der Waals surface area (Å²) in [7, 11) is 0. The Hall–Kier alpha value is -2.71. The Bertz CT molecular complexity index is 1010. The number of imidazole rings is 1. The first-order valence-corrected chi connectivity index (χ1v) is 9.82. The molecule has 3 aromatic rings.